The zero-order chi connectivity index (χ0) is 16.3. The van der Waals surface area contributed by atoms with Gasteiger partial charge in [0.1, 0.15) is 10.6 Å². The van der Waals surface area contributed by atoms with E-state index >= 15 is 0 Å². The molecule has 7 nitrogen and oxygen atoms in total. The average Bonchev–Trinajstić information content (AvgIpc) is 2.91. The first kappa shape index (κ1) is 16.2. The molecule has 0 aliphatic carbocycles. The highest BCUT2D eigenvalue weighted by Gasteiger charge is 2.20. The summed E-state index contributed by atoms with van der Waals surface area (Å²) in [6, 6.07) is 4.76. The van der Waals surface area contributed by atoms with Crippen LogP contribution in [0.15, 0.2) is 41.7 Å². The normalized spacial score (nSPS) is 12.9. The first-order valence-electron chi connectivity index (χ1n) is 6.66. The molecule has 2 aromatic rings. The van der Waals surface area contributed by atoms with E-state index in [1.165, 1.54) is 23.9 Å². The molecule has 2 rings (SSSR count). The van der Waals surface area contributed by atoms with Gasteiger partial charge in [-0.1, -0.05) is 0 Å². The number of aromatic nitrogens is 2. The van der Waals surface area contributed by atoms with Gasteiger partial charge in [0, 0.05) is 25.6 Å². The van der Waals surface area contributed by atoms with Gasteiger partial charge in [-0.25, -0.2) is 13.1 Å². The maximum atomic E-state index is 12.3. The largest absolute Gasteiger partial charge is 0.345 e. The van der Waals surface area contributed by atoms with Crippen molar-refractivity contribution in [2.75, 3.05) is 7.05 Å². The fourth-order valence-corrected chi connectivity index (χ4v) is 2.83. The first-order chi connectivity index (χ1) is 10.3. The monoisotopic (exact) mass is 322 g/mol. The number of nitrogens with zero attached hydrogens (tertiary/aromatic N) is 2. The lowest BCUT2D eigenvalue weighted by Crippen LogP contribution is -2.28. The molecule has 118 valence electrons. The third kappa shape index (κ3) is 3.34. The van der Waals surface area contributed by atoms with Crippen molar-refractivity contribution in [1.82, 2.24) is 19.6 Å². The van der Waals surface area contributed by atoms with Crippen molar-refractivity contribution in [3.8, 4) is 0 Å². The zero-order valence-electron chi connectivity index (χ0n) is 12.6. The van der Waals surface area contributed by atoms with E-state index in [4.69, 9.17) is 0 Å². The predicted molar refractivity (Wildman–Crippen MR) is 81.8 cm³/mol. The van der Waals surface area contributed by atoms with E-state index in [0.717, 1.165) is 5.56 Å². The van der Waals surface area contributed by atoms with Crippen LogP contribution in [0.1, 0.15) is 29.0 Å². The molecule has 0 aliphatic heterocycles. The van der Waals surface area contributed by atoms with Crippen LogP contribution in [0, 0.1) is 0 Å². The van der Waals surface area contributed by atoms with Crippen molar-refractivity contribution in [1.29, 1.82) is 0 Å². The number of carbonyl (C=O) groups excluding carboxylic acids is 1. The van der Waals surface area contributed by atoms with Crippen molar-refractivity contribution >= 4 is 15.9 Å². The second-order valence-corrected chi connectivity index (χ2v) is 6.74. The van der Waals surface area contributed by atoms with E-state index in [1.54, 1.807) is 19.4 Å². The molecule has 8 heteroatoms. The minimum absolute atomic E-state index is 0.0548. The molecular weight excluding hydrogens is 304 g/mol. The van der Waals surface area contributed by atoms with Crippen LogP contribution in [0.5, 0.6) is 0 Å². The van der Waals surface area contributed by atoms with Gasteiger partial charge in [-0.15, -0.1) is 0 Å². The van der Waals surface area contributed by atoms with Crippen LogP contribution >= 0.6 is 0 Å². The number of nitrogens with one attached hydrogen (secondary N) is 2. The highest BCUT2D eigenvalue weighted by molar-refractivity contribution is 7.89. The quantitative estimate of drug-likeness (QED) is 0.852. The fourth-order valence-electron chi connectivity index (χ4n) is 2.03. The molecule has 0 saturated heterocycles. The van der Waals surface area contributed by atoms with Crippen LogP contribution in [0.3, 0.4) is 0 Å². The minimum Gasteiger partial charge on any atom is -0.345 e. The van der Waals surface area contributed by atoms with Crippen molar-refractivity contribution in [2.45, 2.75) is 17.9 Å². The van der Waals surface area contributed by atoms with Crippen LogP contribution in [0.4, 0.5) is 0 Å². The Morgan fingerprint density at radius 1 is 1.32 bits per heavy atom. The number of pyridine rings is 1. The third-order valence-corrected chi connectivity index (χ3v) is 4.73. The number of sulfonamides is 1. The molecule has 1 amide bonds. The molecule has 0 spiro atoms. The molecule has 0 bridgehead atoms. The Kier molecular flexibility index (Phi) is 4.62. The number of hydrogen-bond donors (Lipinski definition) is 2. The van der Waals surface area contributed by atoms with Crippen LogP contribution < -0.4 is 10.0 Å². The number of amides is 1. The summed E-state index contributed by atoms with van der Waals surface area (Å²) in [6.45, 7) is 1.85. The van der Waals surface area contributed by atoms with Gasteiger partial charge in [-0.2, -0.15) is 0 Å². The molecule has 1 atom stereocenters. The summed E-state index contributed by atoms with van der Waals surface area (Å²) in [7, 11) is -0.620. The Balaban J connectivity index is 2.20. The fraction of sp³-hybridized carbons (Fsp3) is 0.286. The summed E-state index contributed by atoms with van der Waals surface area (Å²) < 4.78 is 27.2. The number of hydrogen-bond acceptors (Lipinski definition) is 4. The smallest absolute Gasteiger partial charge is 0.268 e. The summed E-state index contributed by atoms with van der Waals surface area (Å²) in [5.41, 5.74) is 1.19. The Morgan fingerprint density at radius 2 is 1.95 bits per heavy atom. The van der Waals surface area contributed by atoms with E-state index < -0.39 is 10.0 Å². The van der Waals surface area contributed by atoms with Gasteiger partial charge in [0.15, 0.2) is 0 Å². The molecule has 0 fully saturated rings. The first-order valence-corrected chi connectivity index (χ1v) is 8.14. The molecule has 22 heavy (non-hydrogen) atoms. The standard InChI is InChI=1S/C14H18N4O3S/c1-10(11-4-6-16-7-5-11)17-14(19)13-8-12(9-18(13)3)22(20,21)15-2/h4-10,15H,1-3H3,(H,17,19)/t10-/m1/s1. The lowest BCUT2D eigenvalue weighted by molar-refractivity contribution is 0.0931. The van der Waals surface area contributed by atoms with E-state index in [2.05, 4.69) is 15.0 Å². The highest BCUT2D eigenvalue weighted by atomic mass is 32.2. The molecule has 0 radical (unpaired) electrons. The molecule has 2 heterocycles. The number of aryl methyl sites for hydroxylation is 1. The highest BCUT2D eigenvalue weighted by Crippen LogP contribution is 2.15. The average molecular weight is 322 g/mol. The molecule has 0 unspecified atom stereocenters. The molecule has 0 saturated carbocycles. The lowest BCUT2D eigenvalue weighted by Gasteiger charge is -2.14. The maximum Gasteiger partial charge on any atom is 0.268 e. The summed E-state index contributed by atoms with van der Waals surface area (Å²) >= 11 is 0. The summed E-state index contributed by atoms with van der Waals surface area (Å²) in [5.74, 6) is -0.343. The number of rotatable bonds is 5. The lowest BCUT2D eigenvalue weighted by atomic mass is 10.1. The van der Waals surface area contributed by atoms with Crippen LogP contribution in [-0.2, 0) is 17.1 Å². The summed E-state index contributed by atoms with van der Waals surface area (Å²) in [6.07, 6.45) is 4.70. The van der Waals surface area contributed by atoms with Crippen LogP contribution in [-0.4, -0.2) is 30.9 Å². The van der Waals surface area contributed by atoms with E-state index in [-0.39, 0.29) is 22.5 Å². The van der Waals surface area contributed by atoms with Crippen molar-refractivity contribution in [2.24, 2.45) is 7.05 Å². The Morgan fingerprint density at radius 3 is 2.55 bits per heavy atom. The van der Waals surface area contributed by atoms with Gasteiger partial charge < -0.3 is 9.88 Å². The van der Waals surface area contributed by atoms with E-state index in [0.29, 0.717) is 0 Å². The second kappa shape index (κ2) is 6.29. The molecule has 2 aromatic heterocycles. The van der Waals surface area contributed by atoms with Gasteiger partial charge in [-0.3, -0.25) is 9.78 Å². The number of carbonyl (C=O) groups is 1. The van der Waals surface area contributed by atoms with Gasteiger partial charge in [0.2, 0.25) is 10.0 Å². The van der Waals surface area contributed by atoms with E-state index in [1.807, 2.05) is 19.1 Å². The van der Waals surface area contributed by atoms with Crippen molar-refractivity contribution in [3.05, 3.63) is 48.0 Å². The second-order valence-electron chi connectivity index (χ2n) is 4.86. The molecule has 0 aliphatic rings. The van der Waals surface area contributed by atoms with Gasteiger partial charge >= 0.3 is 0 Å². The van der Waals surface area contributed by atoms with Crippen molar-refractivity contribution < 1.29 is 13.2 Å². The zero-order valence-corrected chi connectivity index (χ0v) is 13.4. The van der Waals surface area contributed by atoms with Gasteiger partial charge in [0.05, 0.1) is 6.04 Å². The Bertz CT molecular complexity index is 769. The summed E-state index contributed by atoms with van der Waals surface area (Å²) in [4.78, 5) is 16.3. The maximum absolute atomic E-state index is 12.3. The molecular formula is C14H18N4O3S. The van der Waals surface area contributed by atoms with Crippen molar-refractivity contribution in [3.63, 3.8) is 0 Å². The third-order valence-electron chi connectivity index (χ3n) is 3.35. The molecule has 2 N–H and O–H groups in total. The van der Waals surface area contributed by atoms with E-state index in [9.17, 15) is 13.2 Å². The Labute approximate surface area is 129 Å². The van der Waals surface area contributed by atoms with Gasteiger partial charge in [-0.05, 0) is 37.7 Å². The SMILES string of the molecule is CNS(=O)(=O)c1cc(C(=O)N[C@H](C)c2ccncc2)n(C)c1. The predicted octanol–water partition coefficient (Wildman–Crippen LogP) is 0.819. The Hall–Kier alpha value is -2.19. The van der Waals surface area contributed by atoms with Gasteiger partial charge in [0.25, 0.3) is 5.91 Å². The van der Waals surface area contributed by atoms with Crippen LogP contribution in [0.2, 0.25) is 0 Å². The van der Waals surface area contributed by atoms with Crippen LogP contribution in [0.25, 0.3) is 0 Å². The molecule has 0 aromatic carbocycles. The summed E-state index contributed by atoms with van der Waals surface area (Å²) in [5, 5.41) is 2.83. The topological polar surface area (TPSA) is 93.1 Å². The minimum atomic E-state index is -3.57.